The Balaban J connectivity index is 1.39. The van der Waals surface area contributed by atoms with Gasteiger partial charge in [-0.3, -0.25) is 4.79 Å². The molecule has 4 nitrogen and oxygen atoms in total. The van der Waals surface area contributed by atoms with Crippen molar-refractivity contribution < 1.29 is 9.53 Å². The molecule has 2 aromatic rings. The average Bonchev–Trinajstić information content (AvgIpc) is 3.26. The molecule has 3 atom stereocenters. The minimum Gasteiger partial charge on any atom is -0.447 e. The molecule has 0 aliphatic carbocycles. The first-order chi connectivity index (χ1) is 11.2. The first-order valence-corrected chi connectivity index (χ1v) is 8.90. The maximum Gasteiger partial charge on any atom is 0.261 e. The van der Waals surface area contributed by atoms with E-state index in [1.165, 1.54) is 29.7 Å². The van der Waals surface area contributed by atoms with Crippen molar-refractivity contribution in [2.75, 3.05) is 0 Å². The van der Waals surface area contributed by atoms with Crippen molar-refractivity contribution in [3.63, 3.8) is 0 Å². The van der Waals surface area contributed by atoms with Crippen molar-refractivity contribution in [1.29, 1.82) is 0 Å². The number of hydrogen-bond acceptors (Lipinski definition) is 4. The number of amides is 1. The van der Waals surface area contributed by atoms with Crippen molar-refractivity contribution in [3.8, 4) is 10.8 Å². The van der Waals surface area contributed by atoms with E-state index < -0.39 is 0 Å². The molecule has 0 saturated carbocycles. The van der Waals surface area contributed by atoms with Crippen molar-refractivity contribution >= 4 is 17.2 Å². The molecule has 0 unspecified atom stereocenters. The van der Waals surface area contributed by atoms with E-state index in [0.29, 0.717) is 17.0 Å². The SMILES string of the molecule is Cc1ccc(Oc2ccc(C(=O)N[C@@H]3C[C@H]4CC[C@@H]3N4)s2)cc1. The summed E-state index contributed by atoms with van der Waals surface area (Å²) in [6, 6.07) is 12.9. The van der Waals surface area contributed by atoms with Crippen LogP contribution in [-0.4, -0.2) is 24.0 Å². The summed E-state index contributed by atoms with van der Waals surface area (Å²) in [5.41, 5.74) is 1.20. The van der Waals surface area contributed by atoms with Crippen LogP contribution in [0, 0.1) is 6.92 Å². The minimum absolute atomic E-state index is 0.00751. The zero-order chi connectivity index (χ0) is 15.8. The molecule has 1 aromatic heterocycles. The molecule has 23 heavy (non-hydrogen) atoms. The van der Waals surface area contributed by atoms with Gasteiger partial charge >= 0.3 is 0 Å². The zero-order valence-electron chi connectivity index (χ0n) is 13.0. The Bertz CT molecular complexity index is 710. The van der Waals surface area contributed by atoms with Crippen LogP contribution in [0.1, 0.15) is 34.5 Å². The highest BCUT2D eigenvalue weighted by molar-refractivity contribution is 7.15. The summed E-state index contributed by atoms with van der Waals surface area (Å²) >= 11 is 1.39. The summed E-state index contributed by atoms with van der Waals surface area (Å²) in [4.78, 5) is 13.1. The molecule has 1 amide bonds. The third kappa shape index (κ3) is 3.12. The molecule has 0 radical (unpaired) electrons. The molecular weight excluding hydrogens is 308 g/mol. The minimum atomic E-state index is 0.00751. The molecule has 2 aliphatic heterocycles. The van der Waals surface area contributed by atoms with Gasteiger partial charge in [-0.1, -0.05) is 29.0 Å². The molecule has 2 fully saturated rings. The van der Waals surface area contributed by atoms with Gasteiger partial charge in [0.15, 0.2) is 5.06 Å². The van der Waals surface area contributed by atoms with E-state index in [0.717, 1.165) is 17.2 Å². The summed E-state index contributed by atoms with van der Waals surface area (Å²) in [5.74, 6) is 0.801. The Morgan fingerprint density at radius 2 is 2.04 bits per heavy atom. The van der Waals surface area contributed by atoms with E-state index in [2.05, 4.69) is 10.6 Å². The predicted molar refractivity (Wildman–Crippen MR) is 91.4 cm³/mol. The lowest BCUT2D eigenvalue weighted by Gasteiger charge is -2.20. The Morgan fingerprint density at radius 1 is 1.22 bits per heavy atom. The summed E-state index contributed by atoms with van der Waals surface area (Å²) in [7, 11) is 0. The van der Waals surface area contributed by atoms with Crippen LogP contribution in [0.25, 0.3) is 0 Å². The van der Waals surface area contributed by atoms with Crippen LogP contribution in [0.3, 0.4) is 0 Å². The quantitative estimate of drug-likeness (QED) is 0.903. The average molecular weight is 328 g/mol. The number of ether oxygens (including phenoxy) is 1. The van der Waals surface area contributed by atoms with Crippen molar-refractivity contribution in [2.45, 2.75) is 44.3 Å². The van der Waals surface area contributed by atoms with E-state index in [1.54, 1.807) is 0 Å². The van der Waals surface area contributed by atoms with Crippen molar-refractivity contribution in [1.82, 2.24) is 10.6 Å². The Morgan fingerprint density at radius 3 is 2.74 bits per heavy atom. The third-order valence-corrected chi connectivity index (χ3v) is 5.62. The van der Waals surface area contributed by atoms with Crippen LogP contribution in [0.2, 0.25) is 0 Å². The second kappa shape index (κ2) is 5.98. The van der Waals surface area contributed by atoms with E-state index >= 15 is 0 Å². The van der Waals surface area contributed by atoms with Gasteiger partial charge in [0, 0.05) is 18.1 Å². The summed E-state index contributed by atoms with van der Waals surface area (Å²) < 4.78 is 5.81. The maximum absolute atomic E-state index is 12.4. The highest BCUT2D eigenvalue weighted by Gasteiger charge is 2.39. The zero-order valence-corrected chi connectivity index (χ0v) is 13.9. The molecular formula is C18H20N2O2S. The third-order valence-electron chi connectivity index (χ3n) is 4.66. The molecule has 0 spiro atoms. The van der Waals surface area contributed by atoms with Gasteiger partial charge in [0.1, 0.15) is 5.75 Å². The lowest BCUT2D eigenvalue weighted by atomic mass is 9.95. The Labute approximate surface area is 139 Å². The highest BCUT2D eigenvalue weighted by Crippen LogP contribution is 2.31. The second-order valence-corrected chi connectivity index (χ2v) is 7.44. The summed E-state index contributed by atoms with van der Waals surface area (Å²) in [6.45, 7) is 2.04. The molecule has 2 saturated heterocycles. The summed E-state index contributed by atoms with van der Waals surface area (Å²) in [6.07, 6.45) is 3.46. The molecule has 2 N–H and O–H groups in total. The van der Waals surface area contributed by atoms with Crippen molar-refractivity contribution in [3.05, 3.63) is 46.8 Å². The van der Waals surface area contributed by atoms with E-state index in [1.807, 2.05) is 43.3 Å². The van der Waals surface area contributed by atoms with Crippen LogP contribution in [0.5, 0.6) is 10.8 Å². The number of carbonyl (C=O) groups excluding carboxylic acids is 1. The molecule has 4 rings (SSSR count). The lowest BCUT2D eigenvalue weighted by Crippen LogP contribution is -2.42. The van der Waals surface area contributed by atoms with E-state index in [4.69, 9.17) is 4.74 Å². The number of aryl methyl sites for hydroxylation is 1. The fourth-order valence-electron chi connectivity index (χ4n) is 3.44. The number of nitrogens with one attached hydrogen (secondary N) is 2. The standard InChI is InChI=1S/C18H20N2O2S/c1-11-2-5-13(6-3-11)22-17-9-8-16(23-17)18(21)20-15-10-12-4-7-14(15)19-12/h2-3,5-6,8-9,12,14-15,19H,4,7,10H2,1H3,(H,20,21)/t12-,14+,15-/m1/s1. The fraction of sp³-hybridized carbons (Fsp3) is 0.389. The van der Waals surface area contributed by atoms with Gasteiger partial charge < -0.3 is 15.4 Å². The van der Waals surface area contributed by atoms with Crippen LogP contribution < -0.4 is 15.4 Å². The predicted octanol–water partition coefficient (Wildman–Crippen LogP) is 3.47. The molecule has 120 valence electrons. The Kier molecular flexibility index (Phi) is 3.83. The summed E-state index contributed by atoms with van der Waals surface area (Å²) in [5, 5.41) is 7.45. The number of benzene rings is 1. The van der Waals surface area contributed by atoms with Gasteiger partial charge in [0.2, 0.25) is 0 Å². The molecule has 2 aliphatic rings. The van der Waals surface area contributed by atoms with Gasteiger partial charge in [-0.25, -0.2) is 0 Å². The van der Waals surface area contributed by atoms with Gasteiger partial charge in [-0.15, -0.1) is 0 Å². The smallest absolute Gasteiger partial charge is 0.261 e. The van der Waals surface area contributed by atoms with E-state index in [-0.39, 0.29) is 11.9 Å². The normalized spacial score (nSPS) is 25.5. The monoisotopic (exact) mass is 328 g/mol. The van der Waals surface area contributed by atoms with E-state index in [9.17, 15) is 4.79 Å². The first kappa shape index (κ1) is 14.7. The molecule has 2 bridgehead atoms. The molecule has 3 heterocycles. The highest BCUT2D eigenvalue weighted by atomic mass is 32.1. The molecule has 5 heteroatoms. The van der Waals surface area contributed by atoms with Crippen LogP contribution >= 0.6 is 11.3 Å². The number of rotatable bonds is 4. The maximum atomic E-state index is 12.4. The largest absolute Gasteiger partial charge is 0.447 e. The van der Waals surface area contributed by atoms with Gasteiger partial charge in [-0.05, 0) is 50.5 Å². The van der Waals surface area contributed by atoms with Crippen LogP contribution in [-0.2, 0) is 0 Å². The van der Waals surface area contributed by atoms with Gasteiger partial charge in [-0.2, -0.15) is 0 Å². The topological polar surface area (TPSA) is 50.4 Å². The number of carbonyl (C=O) groups is 1. The van der Waals surface area contributed by atoms with Gasteiger partial charge in [0.25, 0.3) is 5.91 Å². The number of hydrogen-bond donors (Lipinski definition) is 2. The Hall–Kier alpha value is -1.85. The number of thiophene rings is 1. The molecule has 1 aromatic carbocycles. The lowest BCUT2D eigenvalue weighted by molar-refractivity contribution is 0.0935. The fourth-order valence-corrected chi connectivity index (χ4v) is 4.22. The van der Waals surface area contributed by atoms with Crippen molar-refractivity contribution in [2.24, 2.45) is 0 Å². The van der Waals surface area contributed by atoms with Crippen LogP contribution in [0.4, 0.5) is 0 Å². The van der Waals surface area contributed by atoms with Crippen LogP contribution in [0.15, 0.2) is 36.4 Å². The first-order valence-electron chi connectivity index (χ1n) is 8.09. The number of fused-ring (bicyclic) bond motifs is 2. The second-order valence-electron chi connectivity index (χ2n) is 6.40. The van der Waals surface area contributed by atoms with Gasteiger partial charge in [0.05, 0.1) is 4.88 Å².